The Kier molecular flexibility index (Phi) is 6.52. The van der Waals surface area contributed by atoms with E-state index in [4.69, 9.17) is 16.3 Å². The summed E-state index contributed by atoms with van der Waals surface area (Å²) in [6.45, 7) is 3.01. The quantitative estimate of drug-likeness (QED) is 0.719. The van der Waals surface area contributed by atoms with Crippen LogP contribution in [0.5, 0.6) is 0 Å². The summed E-state index contributed by atoms with van der Waals surface area (Å²) >= 11 is 7.63. The van der Waals surface area contributed by atoms with E-state index < -0.39 is 23.3 Å². The van der Waals surface area contributed by atoms with Crippen molar-refractivity contribution in [1.29, 1.82) is 0 Å². The maximum absolute atomic E-state index is 13.9. The van der Waals surface area contributed by atoms with Crippen molar-refractivity contribution >= 4 is 29.3 Å². The van der Waals surface area contributed by atoms with E-state index in [9.17, 15) is 18.0 Å². The fraction of sp³-hybridized carbons (Fsp3) is 0.500. The molecule has 2 aromatic rings. The van der Waals surface area contributed by atoms with Crippen LogP contribution in [0.1, 0.15) is 22.5 Å². The van der Waals surface area contributed by atoms with Crippen molar-refractivity contribution in [2.24, 2.45) is 0 Å². The number of thioether (sulfide) groups is 1. The summed E-state index contributed by atoms with van der Waals surface area (Å²) in [5.74, 6) is 0.996. The lowest BCUT2D eigenvalue weighted by atomic mass is 9.95. The summed E-state index contributed by atoms with van der Waals surface area (Å²) in [7, 11) is 0. The molecule has 4 rings (SSSR count). The number of ether oxygens (including phenoxy) is 1. The van der Waals surface area contributed by atoms with Gasteiger partial charge in [0.2, 0.25) is 0 Å². The summed E-state index contributed by atoms with van der Waals surface area (Å²) in [4.78, 5) is 15.1. The first-order chi connectivity index (χ1) is 14.8. The molecule has 1 unspecified atom stereocenters. The number of aromatic nitrogens is 2. The van der Waals surface area contributed by atoms with Crippen molar-refractivity contribution in [1.82, 2.24) is 20.0 Å². The van der Waals surface area contributed by atoms with E-state index in [1.165, 1.54) is 24.3 Å². The van der Waals surface area contributed by atoms with Crippen molar-refractivity contribution < 1.29 is 22.7 Å². The SMILES string of the molecule is O=C(NCC1(N2CCOCC2)CCSC1)c1cnn(-c2ccc(Cl)cc2)c1C(F)(F)F. The molecule has 1 aromatic carbocycles. The second-order valence-electron chi connectivity index (χ2n) is 7.60. The highest BCUT2D eigenvalue weighted by Gasteiger charge is 2.43. The van der Waals surface area contributed by atoms with Crippen molar-refractivity contribution in [3.05, 3.63) is 46.7 Å². The molecule has 0 radical (unpaired) electrons. The highest BCUT2D eigenvalue weighted by molar-refractivity contribution is 7.99. The van der Waals surface area contributed by atoms with Crippen LogP contribution in [-0.4, -0.2) is 70.5 Å². The van der Waals surface area contributed by atoms with Crippen LogP contribution in [0.25, 0.3) is 5.69 Å². The molecule has 11 heteroatoms. The first-order valence-electron chi connectivity index (χ1n) is 9.90. The van der Waals surface area contributed by atoms with Gasteiger partial charge in [0.15, 0.2) is 5.69 Å². The number of morpholine rings is 1. The second-order valence-corrected chi connectivity index (χ2v) is 9.14. The molecule has 2 aliphatic heterocycles. The molecule has 1 aromatic heterocycles. The number of alkyl halides is 3. The molecule has 2 fully saturated rings. The number of benzene rings is 1. The minimum absolute atomic E-state index is 0.174. The molecular formula is C20H22ClF3N4O2S. The standard InChI is InChI=1S/C20H22ClF3N4O2S/c21-14-1-3-15(4-2-14)28-17(20(22,23)24)16(11-26-28)18(29)25-12-19(5-10-31-13-19)27-6-8-30-9-7-27/h1-4,11H,5-10,12-13H2,(H,25,29). The molecule has 1 atom stereocenters. The zero-order chi connectivity index (χ0) is 22.1. The molecule has 3 heterocycles. The molecule has 31 heavy (non-hydrogen) atoms. The monoisotopic (exact) mass is 474 g/mol. The number of amides is 1. The van der Waals surface area contributed by atoms with Crippen molar-refractivity contribution in [2.45, 2.75) is 18.1 Å². The Morgan fingerprint density at radius 1 is 1.26 bits per heavy atom. The fourth-order valence-electron chi connectivity index (χ4n) is 4.04. The molecule has 2 aliphatic rings. The van der Waals surface area contributed by atoms with E-state index in [0.717, 1.165) is 41.9 Å². The largest absolute Gasteiger partial charge is 0.434 e. The van der Waals surface area contributed by atoms with Gasteiger partial charge in [0.1, 0.15) is 0 Å². The molecule has 168 valence electrons. The first kappa shape index (κ1) is 22.4. The fourth-order valence-corrected chi connectivity index (χ4v) is 5.64. The van der Waals surface area contributed by atoms with Crippen LogP contribution in [0.15, 0.2) is 30.5 Å². The first-order valence-corrected chi connectivity index (χ1v) is 11.4. The number of nitrogens with zero attached hydrogens (tertiary/aromatic N) is 3. The molecule has 0 bridgehead atoms. The summed E-state index contributed by atoms with van der Waals surface area (Å²) in [6, 6.07) is 5.80. The third-order valence-corrected chi connectivity index (χ3v) is 7.18. The lowest BCUT2D eigenvalue weighted by Gasteiger charge is -2.43. The van der Waals surface area contributed by atoms with Gasteiger partial charge in [0, 0.05) is 35.9 Å². The minimum atomic E-state index is -4.76. The number of hydrogen-bond acceptors (Lipinski definition) is 5. The third-order valence-electron chi connectivity index (χ3n) is 5.70. The second kappa shape index (κ2) is 9.01. The summed E-state index contributed by atoms with van der Waals surface area (Å²) in [5.41, 5.74) is -1.69. The number of nitrogens with one attached hydrogen (secondary N) is 1. The Morgan fingerprint density at radius 3 is 2.58 bits per heavy atom. The van der Waals surface area contributed by atoms with Crippen LogP contribution in [0.3, 0.4) is 0 Å². The van der Waals surface area contributed by atoms with Gasteiger partial charge in [0.05, 0.1) is 30.7 Å². The number of carbonyl (C=O) groups excluding carboxylic acids is 1. The van der Waals surface area contributed by atoms with Crippen LogP contribution in [0, 0.1) is 0 Å². The van der Waals surface area contributed by atoms with Gasteiger partial charge in [-0.05, 0) is 36.4 Å². The molecule has 0 aliphatic carbocycles. The van der Waals surface area contributed by atoms with Crippen LogP contribution in [0.2, 0.25) is 5.02 Å². The number of halogens is 4. The highest BCUT2D eigenvalue weighted by Crippen LogP contribution is 2.35. The lowest BCUT2D eigenvalue weighted by molar-refractivity contribution is -0.143. The van der Waals surface area contributed by atoms with Crippen molar-refractivity contribution in [3.8, 4) is 5.69 Å². The maximum Gasteiger partial charge on any atom is 0.434 e. The van der Waals surface area contributed by atoms with E-state index in [-0.39, 0.29) is 17.8 Å². The predicted molar refractivity (Wildman–Crippen MR) is 113 cm³/mol. The van der Waals surface area contributed by atoms with Gasteiger partial charge in [-0.2, -0.15) is 30.0 Å². The molecular weight excluding hydrogens is 453 g/mol. The molecule has 1 amide bonds. The van der Waals surface area contributed by atoms with Gasteiger partial charge >= 0.3 is 6.18 Å². The Morgan fingerprint density at radius 2 is 1.97 bits per heavy atom. The van der Waals surface area contributed by atoms with Gasteiger partial charge in [0.25, 0.3) is 5.91 Å². The van der Waals surface area contributed by atoms with Crippen LogP contribution < -0.4 is 5.32 Å². The summed E-state index contributed by atoms with van der Waals surface area (Å²) in [6.07, 6.45) is -2.92. The third kappa shape index (κ3) is 4.72. The van der Waals surface area contributed by atoms with E-state index in [0.29, 0.717) is 18.2 Å². The average molecular weight is 475 g/mol. The van der Waals surface area contributed by atoms with Crippen LogP contribution in [0.4, 0.5) is 13.2 Å². The summed E-state index contributed by atoms with van der Waals surface area (Å²) in [5, 5.41) is 7.00. The van der Waals surface area contributed by atoms with Gasteiger partial charge in [-0.3, -0.25) is 9.69 Å². The summed E-state index contributed by atoms with van der Waals surface area (Å²) < 4.78 is 47.8. The van der Waals surface area contributed by atoms with Crippen LogP contribution >= 0.6 is 23.4 Å². The van der Waals surface area contributed by atoms with Crippen LogP contribution in [-0.2, 0) is 10.9 Å². The Labute approximate surface area is 187 Å². The van der Waals surface area contributed by atoms with Gasteiger partial charge < -0.3 is 10.1 Å². The highest BCUT2D eigenvalue weighted by atomic mass is 35.5. The average Bonchev–Trinajstić information content (AvgIpc) is 3.41. The molecule has 0 saturated carbocycles. The zero-order valence-corrected chi connectivity index (χ0v) is 18.2. The lowest BCUT2D eigenvalue weighted by Crippen LogP contribution is -2.59. The molecule has 2 saturated heterocycles. The Hall–Kier alpha value is -1.75. The number of rotatable bonds is 5. The van der Waals surface area contributed by atoms with E-state index >= 15 is 0 Å². The zero-order valence-electron chi connectivity index (χ0n) is 16.6. The number of carbonyl (C=O) groups is 1. The minimum Gasteiger partial charge on any atom is -0.379 e. The topological polar surface area (TPSA) is 59.4 Å². The van der Waals surface area contributed by atoms with Gasteiger partial charge in [-0.15, -0.1) is 0 Å². The van der Waals surface area contributed by atoms with E-state index in [1.54, 1.807) is 11.8 Å². The molecule has 6 nitrogen and oxygen atoms in total. The smallest absolute Gasteiger partial charge is 0.379 e. The normalized spacial score (nSPS) is 22.6. The predicted octanol–water partition coefficient (Wildman–Crippen LogP) is 3.48. The van der Waals surface area contributed by atoms with Gasteiger partial charge in [-0.1, -0.05) is 11.6 Å². The number of hydrogen-bond donors (Lipinski definition) is 1. The van der Waals surface area contributed by atoms with Crippen molar-refractivity contribution in [3.63, 3.8) is 0 Å². The van der Waals surface area contributed by atoms with E-state index in [2.05, 4.69) is 15.3 Å². The molecule has 1 N–H and O–H groups in total. The van der Waals surface area contributed by atoms with Crippen molar-refractivity contribution in [2.75, 3.05) is 44.4 Å². The Bertz CT molecular complexity index is 923. The maximum atomic E-state index is 13.9. The van der Waals surface area contributed by atoms with Gasteiger partial charge in [-0.25, -0.2) is 4.68 Å². The Balaban J connectivity index is 1.57. The van der Waals surface area contributed by atoms with E-state index in [1.807, 2.05) is 0 Å². The molecule has 0 spiro atoms.